The topological polar surface area (TPSA) is 101 Å². The van der Waals surface area contributed by atoms with Crippen LogP contribution in [0.3, 0.4) is 0 Å². The third kappa shape index (κ3) is 4.73. The minimum Gasteiger partial charge on any atom is -0.379 e. The van der Waals surface area contributed by atoms with E-state index in [1.54, 1.807) is 24.1 Å². The zero-order chi connectivity index (χ0) is 22.8. The van der Waals surface area contributed by atoms with Crippen LogP contribution in [-0.2, 0) is 16.8 Å². The standard InChI is InChI=1S/C23H28FN5O2/c1-5-6-15-7-10-19(26-12-15)21(30)27-16-8-9-18(24)17(11-16)23(4)13-29(14(2)3)22(31)20(25)28-23/h7-12,14H,5-6,13H2,1-4H3,(H2,25,28)(H,27,30). The summed E-state index contributed by atoms with van der Waals surface area (Å²) in [6, 6.07) is 7.71. The number of halogens is 1. The van der Waals surface area contributed by atoms with Gasteiger partial charge in [-0.15, -0.1) is 0 Å². The molecule has 2 aromatic rings. The van der Waals surface area contributed by atoms with Crippen molar-refractivity contribution < 1.29 is 14.0 Å². The second kappa shape index (κ2) is 8.83. The lowest BCUT2D eigenvalue weighted by molar-refractivity contribution is -0.127. The van der Waals surface area contributed by atoms with Crippen molar-refractivity contribution in [2.45, 2.75) is 52.1 Å². The minimum absolute atomic E-state index is 0.117. The van der Waals surface area contributed by atoms with Crippen molar-refractivity contribution in [1.29, 1.82) is 0 Å². The Kier molecular flexibility index (Phi) is 6.38. The van der Waals surface area contributed by atoms with E-state index in [-0.39, 0.29) is 35.6 Å². The van der Waals surface area contributed by atoms with Crippen molar-refractivity contribution >= 4 is 23.3 Å². The van der Waals surface area contributed by atoms with E-state index in [1.165, 1.54) is 18.2 Å². The monoisotopic (exact) mass is 425 g/mol. The van der Waals surface area contributed by atoms with Crippen LogP contribution >= 0.6 is 0 Å². The molecule has 0 spiro atoms. The van der Waals surface area contributed by atoms with Gasteiger partial charge in [-0.1, -0.05) is 19.4 Å². The zero-order valence-electron chi connectivity index (χ0n) is 18.3. The Balaban J connectivity index is 1.88. The van der Waals surface area contributed by atoms with E-state index in [2.05, 4.69) is 22.2 Å². The quantitative estimate of drug-likeness (QED) is 0.742. The number of nitrogens with zero attached hydrogens (tertiary/aromatic N) is 3. The third-order valence-corrected chi connectivity index (χ3v) is 5.35. The fraction of sp³-hybridized carbons (Fsp3) is 0.391. The fourth-order valence-electron chi connectivity index (χ4n) is 3.67. The van der Waals surface area contributed by atoms with Crippen LogP contribution < -0.4 is 11.1 Å². The number of aryl methyl sites for hydroxylation is 1. The number of carbonyl (C=O) groups excluding carboxylic acids is 2. The van der Waals surface area contributed by atoms with Crippen LogP contribution in [0.5, 0.6) is 0 Å². The summed E-state index contributed by atoms with van der Waals surface area (Å²) in [6.07, 6.45) is 3.58. The van der Waals surface area contributed by atoms with Crippen LogP contribution in [0.25, 0.3) is 0 Å². The molecule has 7 nitrogen and oxygen atoms in total. The normalized spacial score (nSPS) is 18.8. The molecule has 0 radical (unpaired) electrons. The molecule has 8 heteroatoms. The molecule has 31 heavy (non-hydrogen) atoms. The van der Waals surface area contributed by atoms with Crippen molar-refractivity contribution in [3.05, 3.63) is 59.2 Å². The second-order valence-corrected chi connectivity index (χ2v) is 8.25. The SMILES string of the molecule is CCCc1ccc(C(=O)Nc2ccc(F)c(C3(C)CN(C(C)C)C(=O)C(N)=N3)c2)nc1. The summed E-state index contributed by atoms with van der Waals surface area (Å²) in [4.78, 5) is 35.0. The first-order valence-corrected chi connectivity index (χ1v) is 10.4. The Bertz CT molecular complexity index is 1020. The van der Waals surface area contributed by atoms with Crippen LogP contribution in [0, 0.1) is 5.82 Å². The van der Waals surface area contributed by atoms with Crippen LogP contribution in [0.4, 0.5) is 10.1 Å². The predicted molar refractivity (Wildman–Crippen MR) is 118 cm³/mol. The highest BCUT2D eigenvalue weighted by atomic mass is 19.1. The van der Waals surface area contributed by atoms with Gasteiger partial charge < -0.3 is 16.0 Å². The van der Waals surface area contributed by atoms with Gasteiger partial charge in [0.05, 0.1) is 6.54 Å². The number of pyridine rings is 1. The molecule has 0 bridgehead atoms. The Morgan fingerprint density at radius 2 is 2.06 bits per heavy atom. The molecule has 1 unspecified atom stereocenters. The van der Waals surface area contributed by atoms with Crippen molar-refractivity contribution in [2.75, 3.05) is 11.9 Å². The maximum atomic E-state index is 14.8. The lowest BCUT2D eigenvalue weighted by Crippen LogP contribution is -2.54. The number of aliphatic imine (C=N–C) groups is 1. The average molecular weight is 426 g/mol. The first kappa shape index (κ1) is 22.4. The van der Waals surface area contributed by atoms with Gasteiger partial charge in [0.2, 0.25) is 0 Å². The lowest BCUT2D eigenvalue weighted by Gasteiger charge is -2.39. The zero-order valence-corrected chi connectivity index (χ0v) is 18.3. The number of rotatable bonds is 6. The number of hydrogen-bond acceptors (Lipinski definition) is 5. The van der Waals surface area contributed by atoms with Crippen molar-refractivity contribution in [2.24, 2.45) is 10.7 Å². The van der Waals surface area contributed by atoms with Gasteiger partial charge in [0.15, 0.2) is 5.84 Å². The molecule has 1 aliphatic rings. The Labute approximate surface area is 181 Å². The Morgan fingerprint density at radius 3 is 2.68 bits per heavy atom. The van der Waals surface area contributed by atoms with Crippen LogP contribution in [0.1, 0.15) is 55.7 Å². The molecule has 3 N–H and O–H groups in total. The third-order valence-electron chi connectivity index (χ3n) is 5.35. The summed E-state index contributed by atoms with van der Waals surface area (Å²) < 4.78 is 14.8. The summed E-state index contributed by atoms with van der Waals surface area (Å²) in [5.74, 6) is -1.41. The molecule has 164 valence electrons. The first-order valence-electron chi connectivity index (χ1n) is 10.4. The van der Waals surface area contributed by atoms with E-state index < -0.39 is 17.3 Å². The summed E-state index contributed by atoms with van der Waals surface area (Å²) in [6.45, 7) is 7.71. The number of hydrogen-bond donors (Lipinski definition) is 2. The maximum Gasteiger partial charge on any atom is 0.289 e. The number of benzene rings is 1. The smallest absolute Gasteiger partial charge is 0.289 e. The van der Waals surface area contributed by atoms with Gasteiger partial charge in [0, 0.05) is 23.5 Å². The lowest BCUT2D eigenvalue weighted by atomic mass is 9.89. The number of amidine groups is 1. The Hall–Kier alpha value is -3.29. The van der Waals surface area contributed by atoms with Gasteiger partial charge in [0.25, 0.3) is 11.8 Å². The molecule has 2 heterocycles. The first-order chi connectivity index (χ1) is 14.6. The van der Waals surface area contributed by atoms with E-state index in [4.69, 9.17) is 5.73 Å². The molecular weight excluding hydrogens is 397 g/mol. The predicted octanol–water partition coefficient (Wildman–Crippen LogP) is 3.25. The van der Waals surface area contributed by atoms with E-state index in [9.17, 15) is 14.0 Å². The molecule has 0 aliphatic carbocycles. The maximum absolute atomic E-state index is 14.8. The number of aromatic nitrogens is 1. The van der Waals surface area contributed by atoms with E-state index in [1.807, 2.05) is 19.9 Å². The Morgan fingerprint density at radius 1 is 1.32 bits per heavy atom. The number of nitrogens with two attached hydrogens (primary N) is 1. The van der Waals surface area contributed by atoms with Crippen LogP contribution in [-0.4, -0.2) is 40.1 Å². The average Bonchev–Trinajstić information content (AvgIpc) is 2.72. The van der Waals surface area contributed by atoms with Crippen molar-refractivity contribution in [1.82, 2.24) is 9.88 Å². The molecule has 1 aliphatic heterocycles. The van der Waals surface area contributed by atoms with Crippen LogP contribution in [0.2, 0.25) is 0 Å². The summed E-state index contributed by atoms with van der Waals surface area (Å²) in [5, 5.41) is 2.76. The summed E-state index contributed by atoms with van der Waals surface area (Å²) in [7, 11) is 0. The second-order valence-electron chi connectivity index (χ2n) is 8.25. The molecule has 0 saturated heterocycles. The number of carbonyl (C=O) groups is 2. The molecule has 1 aromatic carbocycles. The van der Waals surface area contributed by atoms with Gasteiger partial charge in [-0.2, -0.15) is 0 Å². The molecular formula is C23H28FN5O2. The molecule has 3 rings (SSSR count). The molecule has 1 atom stereocenters. The van der Waals surface area contributed by atoms with Gasteiger partial charge in [-0.05, 0) is 57.0 Å². The number of anilines is 1. The molecule has 0 saturated carbocycles. The summed E-state index contributed by atoms with van der Waals surface area (Å²) >= 11 is 0. The van der Waals surface area contributed by atoms with E-state index in [0.717, 1.165) is 18.4 Å². The highest BCUT2D eigenvalue weighted by Crippen LogP contribution is 2.34. The van der Waals surface area contributed by atoms with Gasteiger partial charge in [-0.25, -0.2) is 4.39 Å². The molecule has 2 amide bonds. The van der Waals surface area contributed by atoms with Crippen molar-refractivity contribution in [3.63, 3.8) is 0 Å². The molecule has 0 fully saturated rings. The van der Waals surface area contributed by atoms with E-state index >= 15 is 0 Å². The fourth-order valence-corrected chi connectivity index (χ4v) is 3.67. The largest absolute Gasteiger partial charge is 0.379 e. The number of amides is 2. The highest BCUT2D eigenvalue weighted by Gasteiger charge is 2.40. The van der Waals surface area contributed by atoms with E-state index in [0.29, 0.717) is 5.69 Å². The van der Waals surface area contributed by atoms with Gasteiger partial charge in [-0.3, -0.25) is 19.6 Å². The summed E-state index contributed by atoms with van der Waals surface area (Å²) in [5.41, 5.74) is 6.77. The van der Waals surface area contributed by atoms with Crippen molar-refractivity contribution in [3.8, 4) is 0 Å². The molecule has 1 aromatic heterocycles. The van der Waals surface area contributed by atoms with Crippen LogP contribution in [0.15, 0.2) is 41.5 Å². The van der Waals surface area contributed by atoms with Gasteiger partial charge >= 0.3 is 0 Å². The highest BCUT2D eigenvalue weighted by molar-refractivity contribution is 6.37. The number of nitrogens with one attached hydrogen (secondary N) is 1. The van der Waals surface area contributed by atoms with Gasteiger partial charge in [0.1, 0.15) is 17.1 Å². The minimum atomic E-state index is -1.08.